The standard InChI is InChI=1S/C22H26ClN3O5S/c1-3-12-31-16(2)22(27)24-17-8-9-20(26-10-13-30-14-11-26)21(15-17)32(28,29)25-19-7-5-4-6-18(19)23/h3-9,15-16,25H,1,10-14H2,2H3,(H,24,27). The number of rotatable bonds is 9. The van der Waals surface area contributed by atoms with E-state index in [1.54, 1.807) is 49.4 Å². The summed E-state index contributed by atoms with van der Waals surface area (Å²) < 4.78 is 40.0. The summed E-state index contributed by atoms with van der Waals surface area (Å²) in [5.74, 6) is -0.395. The molecule has 0 aromatic heterocycles. The third-order valence-corrected chi connectivity index (χ3v) is 6.54. The van der Waals surface area contributed by atoms with E-state index in [9.17, 15) is 13.2 Å². The number of sulfonamides is 1. The van der Waals surface area contributed by atoms with Gasteiger partial charge in [-0.2, -0.15) is 0 Å². The quantitative estimate of drug-likeness (QED) is 0.534. The molecule has 10 heteroatoms. The van der Waals surface area contributed by atoms with Gasteiger partial charge in [-0.05, 0) is 37.3 Å². The van der Waals surface area contributed by atoms with Gasteiger partial charge in [0.15, 0.2) is 0 Å². The van der Waals surface area contributed by atoms with Crippen molar-refractivity contribution >= 4 is 44.6 Å². The van der Waals surface area contributed by atoms with Crippen LogP contribution in [0.3, 0.4) is 0 Å². The van der Waals surface area contributed by atoms with Gasteiger partial charge in [-0.3, -0.25) is 9.52 Å². The summed E-state index contributed by atoms with van der Waals surface area (Å²) in [7, 11) is -4.02. The molecule has 1 amide bonds. The molecule has 1 heterocycles. The molecule has 1 atom stereocenters. The van der Waals surface area contributed by atoms with Gasteiger partial charge in [0.05, 0.1) is 36.2 Å². The molecule has 1 aliphatic heterocycles. The zero-order valence-electron chi connectivity index (χ0n) is 17.7. The first-order chi connectivity index (χ1) is 15.3. The number of para-hydroxylation sites is 1. The van der Waals surface area contributed by atoms with Crippen LogP contribution >= 0.6 is 11.6 Å². The van der Waals surface area contributed by atoms with E-state index in [0.717, 1.165) is 0 Å². The molecular formula is C22H26ClN3O5S. The molecule has 2 aromatic rings. The predicted octanol–water partition coefficient (Wildman–Crippen LogP) is 3.51. The number of amides is 1. The molecule has 2 N–H and O–H groups in total. The second-order valence-electron chi connectivity index (χ2n) is 7.12. The molecule has 0 saturated carbocycles. The fraction of sp³-hybridized carbons (Fsp3) is 0.318. The van der Waals surface area contributed by atoms with Gasteiger partial charge in [-0.15, -0.1) is 6.58 Å². The normalized spacial score (nSPS) is 15.1. The minimum atomic E-state index is -4.02. The fourth-order valence-electron chi connectivity index (χ4n) is 3.15. The minimum absolute atomic E-state index is 0.0248. The highest BCUT2D eigenvalue weighted by molar-refractivity contribution is 7.93. The first kappa shape index (κ1) is 24.1. The topological polar surface area (TPSA) is 97.0 Å². The lowest BCUT2D eigenvalue weighted by Crippen LogP contribution is -2.37. The van der Waals surface area contributed by atoms with E-state index in [1.165, 1.54) is 6.07 Å². The monoisotopic (exact) mass is 479 g/mol. The SMILES string of the molecule is C=CCOC(C)C(=O)Nc1ccc(N2CCOCC2)c(S(=O)(=O)Nc2ccccc2Cl)c1. The van der Waals surface area contributed by atoms with Crippen LogP contribution in [0.1, 0.15) is 6.92 Å². The molecule has 1 unspecified atom stereocenters. The minimum Gasteiger partial charge on any atom is -0.378 e. The highest BCUT2D eigenvalue weighted by atomic mass is 35.5. The summed E-state index contributed by atoms with van der Waals surface area (Å²) in [5.41, 5.74) is 1.12. The molecule has 0 spiro atoms. The van der Waals surface area contributed by atoms with Crippen molar-refractivity contribution in [3.8, 4) is 0 Å². The summed E-state index contributed by atoms with van der Waals surface area (Å²) in [6.07, 6.45) is 0.819. The molecule has 2 aromatic carbocycles. The maximum absolute atomic E-state index is 13.4. The van der Waals surface area contributed by atoms with Crippen LogP contribution in [-0.4, -0.2) is 53.3 Å². The largest absolute Gasteiger partial charge is 0.378 e. The molecule has 1 fully saturated rings. The van der Waals surface area contributed by atoms with Crippen molar-refractivity contribution in [1.29, 1.82) is 0 Å². The lowest BCUT2D eigenvalue weighted by molar-refractivity contribution is -0.125. The van der Waals surface area contributed by atoms with Crippen LogP contribution in [0.15, 0.2) is 60.0 Å². The summed E-state index contributed by atoms with van der Waals surface area (Å²) >= 11 is 6.15. The summed E-state index contributed by atoms with van der Waals surface area (Å²) in [6.45, 7) is 7.48. The Morgan fingerprint density at radius 1 is 1.28 bits per heavy atom. The van der Waals surface area contributed by atoms with Crippen molar-refractivity contribution in [3.63, 3.8) is 0 Å². The van der Waals surface area contributed by atoms with Crippen molar-refractivity contribution in [1.82, 2.24) is 0 Å². The molecule has 1 aliphatic rings. The van der Waals surface area contributed by atoms with Crippen molar-refractivity contribution in [3.05, 3.63) is 60.1 Å². The molecular weight excluding hydrogens is 454 g/mol. The van der Waals surface area contributed by atoms with Gasteiger partial charge in [0.2, 0.25) is 0 Å². The van der Waals surface area contributed by atoms with Crippen LogP contribution < -0.4 is 14.9 Å². The number of halogens is 1. The van der Waals surface area contributed by atoms with Gasteiger partial charge >= 0.3 is 0 Å². The van der Waals surface area contributed by atoms with Crippen LogP contribution in [-0.2, 0) is 24.3 Å². The van der Waals surface area contributed by atoms with Gasteiger partial charge in [0.25, 0.3) is 15.9 Å². The Balaban J connectivity index is 1.94. The summed E-state index contributed by atoms with van der Waals surface area (Å²) in [5, 5.41) is 2.99. The number of hydrogen-bond acceptors (Lipinski definition) is 6. The maximum Gasteiger partial charge on any atom is 0.264 e. The number of nitrogens with zero attached hydrogens (tertiary/aromatic N) is 1. The molecule has 0 bridgehead atoms. The van der Waals surface area contributed by atoms with Crippen LogP contribution in [0.2, 0.25) is 5.02 Å². The van der Waals surface area contributed by atoms with Gasteiger partial charge < -0.3 is 19.7 Å². The number of hydrogen-bond donors (Lipinski definition) is 2. The van der Waals surface area contributed by atoms with Gasteiger partial charge in [-0.25, -0.2) is 8.42 Å². The van der Waals surface area contributed by atoms with E-state index < -0.39 is 22.0 Å². The highest BCUT2D eigenvalue weighted by Gasteiger charge is 2.25. The van der Waals surface area contributed by atoms with Crippen LogP contribution in [0.5, 0.6) is 0 Å². The van der Waals surface area contributed by atoms with Crippen LogP contribution in [0, 0.1) is 0 Å². The smallest absolute Gasteiger partial charge is 0.264 e. The average molecular weight is 480 g/mol. The van der Waals surface area contributed by atoms with E-state index in [1.807, 2.05) is 4.90 Å². The Labute approximate surface area is 193 Å². The number of nitrogens with one attached hydrogen (secondary N) is 2. The van der Waals surface area contributed by atoms with E-state index in [0.29, 0.717) is 37.7 Å². The van der Waals surface area contributed by atoms with Crippen LogP contribution in [0.4, 0.5) is 17.1 Å². The third kappa shape index (κ3) is 6.01. The number of benzene rings is 2. The first-order valence-corrected chi connectivity index (χ1v) is 12.0. The van der Waals surface area contributed by atoms with E-state index in [2.05, 4.69) is 16.6 Å². The van der Waals surface area contributed by atoms with Crippen molar-refractivity contribution in [2.75, 3.05) is 47.8 Å². The molecule has 1 saturated heterocycles. The molecule has 8 nitrogen and oxygen atoms in total. The number of carbonyl (C=O) groups is 1. The van der Waals surface area contributed by atoms with Gasteiger partial charge in [-0.1, -0.05) is 29.8 Å². The van der Waals surface area contributed by atoms with E-state index in [-0.39, 0.29) is 22.2 Å². The van der Waals surface area contributed by atoms with Crippen molar-refractivity contribution in [2.45, 2.75) is 17.9 Å². The Morgan fingerprint density at radius 2 is 2.00 bits per heavy atom. The zero-order valence-corrected chi connectivity index (χ0v) is 19.3. The lowest BCUT2D eigenvalue weighted by atomic mass is 10.2. The predicted molar refractivity (Wildman–Crippen MR) is 126 cm³/mol. The Morgan fingerprint density at radius 3 is 2.69 bits per heavy atom. The second-order valence-corrected chi connectivity index (χ2v) is 9.18. The summed E-state index contributed by atoms with van der Waals surface area (Å²) in [6, 6.07) is 11.4. The number of anilines is 3. The number of carbonyl (C=O) groups excluding carboxylic acids is 1. The van der Waals surface area contributed by atoms with Crippen molar-refractivity contribution < 1.29 is 22.7 Å². The number of morpholine rings is 1. The fourth-order valence-corrected chi connectivity index (χ4v) is 4.72. The Bertz CT molecular complexity index is 1070. The highest BCUT2D eigenvalue weighted by Crippen LogP contribution is 2.32. The van der Waals surface area contributed by atoms with Crippen LogP contribution in [0.25, 0.3) is 0 Å². The molecule has 0 aliphatic carbocycles. The molecule has 172 valence electrons. The lowest BCUT2D eigenvalue weighted by Gasteiger charge is -2.30. The van der Waals surface area contributed by atoms with E-state index >= 15 is 0 Å². The Kier molecular flexibility index (Phi) is 8.14. The average Bonchev–Trinajstić information content (AvgIpc) is 2.79. The zero-order chi connectivity index (χ0) is 23.1. The third-order valence-electron chi connectivity index (χ3n) is 4.82. The second kappa shape index (κ2) is 10.8. The Hall–Kier alpha value is -2.59. The molecule has 3 rings (SSSR count). The van der Waals surface area contributed by atoms with E-state index in [4.69, 9.17) is 21.1 Å². The van der Waals surface area contributed by atoms with Crippen molar-refractivity contribution in [2.24, 2.45) is 0 Å². The summed E-state index contributed by atoms with van der Waals surface area (Å²) in [4.78, 5) is 14.4. The first-order valence-electron chi connectivity index (χ1n) is 10.1. The van der Waals surface area contributed by atoms with Gasteiger partial charge in [0.1, 0.15) is 11.0 Å². The maximum atomic E-state index is 13.4. The number of ether oxygens (including phenoxy) is 2. The van der Waals surface area contributed by atoms with Gasteiger partial charge in [0, 0.05) is 18.8 Å². The molecule has 32 heavy (non-hydrogen) atoms. The molecule has 0 radical (unpaired) electrons.